The number of hydrogen-bond donors (Lipinski definition) is 4. The third-order valence-electron chi connectivity index (χ3n) is 5.39. The first-order chi connectivity index (χ1) is 13.2. The van der Waals surface area contributed by atoms with Gasteiger partial charge in [0, 0.05) is 48.1 Å². The van der Waals surface area contributed by atoms with Crippen molar-refractivity contribution in [3.8, 4) is 0 Å². The molecule has 4 N–H and O–H groups in total. The van der Waals surface area contributed by atoms with Crippen LogP contribution in [0, 0.1) is 5.92 Å². The minimum absolute atomic E-state index is 0. The van der Waals surface area contributed by atoms with Crippen molar-refractivity contribution in [1.82, 2.24) is 15.5 Å². The van der Waals surface area contributed by atoms with E-state index in [1.165, 1.54) is 6.42 Å². The van der Waals surface area contributed by atoms with Crippen LogP contribution in [0.25, 0.3) is 0 Å². The van der Waals surface area contributed by atoms with Gasteiger partial charge in [0.05, 0.1) is 0 Å². The fourth-order valence-corrected chi connectivity index (χ4v) is 3.89. The lowest BCUT2D eigenvalue weighted by Crippen LogP contribution is -2.25. The van der Waals surface area contributed by atoms with Gasteiger partial charge in [0.2, 0.25) is 5.91 Å². The summed E-state index contributed by atoms with van der Waals surface area (Å²) >= 11 is 0. The predicted molar refractivity (Wildman–Crippen MR) is 111 cm³/mol. The van der Waals surface area contributed by atoms with Gasteiger partial charge in [-0.25, -0.2) is 0 Å². The van der Waals surface area contributed by atoms with E-state index in [1.54, 1.807) is 6.07 Å². The van der Waals surface area contributed by atoms with Gasteiger partial charge in [-0.1, -0.05) is 25.3 Å². The summed E-state index contributed by atoms with van der Waals surface area (Å²) in [5.74, 6) is -0.0716. The Balaban J connectivity index is 0.00000225. The molecule has 0 radical (unpaired) electrons. The van der Waals surface area contributed by atoms with Crippen LogP contribution in [0.2, 0.25) is 0 Å². The Hall–Kier alpha value is -2.38. The maximum Gasteiger partial charge on any atom is 0.276 e. The van der Waals surface area contributed by atoms with Crippen molar-refractivity contribution < 1.29 is 9.59 Å². The maximum absolute atomic E-state index is 12.6. The molecule has 2 amide bonds. The lowest BCUT2D eigenvalue weighted by atomic mass is 9.88. The molecular formula is C20H26ClN5O2. The second kappa shape index (κ2) is 9.21. The zero-order valence-electron chi connectivity index (χ0n) is 15.7. The highest BCUT2D eigenvalue weighted by Crippen LogP contribution is 2.25. The third kappa shape index (κ3) is 4.54. The van der Waals surface area contributed by atoms with Gasteiger partial charge in [-0.05, 0) is 31.0 Å². The van der Waals surface area contributed by atoms with Gasteiger partial charge in [0.25, 0.3) is 5.91 Å². The van der Waals surface area contributed by atoms with Gasteiger partial charge in [-0.2, -0.15) is 5.10 Å². The molecule has 4 rings (SSSR count). The SMILES string of the molecule is Cl.O=C(Nc1cccc(NC(=O)C2CCCCC2)c1)c1n[nH]c2c1CNCC2. The minimum atomic E-state index is -0.244. The van der Waals surface area contributed by atoms with Gasteiger partial charge in [-0.15, -0.1) is 12.4 Å². The van der Waals surface area contributed by atoms with Crippen molar-refractivity contribution in [2.45, 2.75) is 45.1 Å². The van der Waals surface area contributed by atoms with E-state index in [0.717, 1.165) is 49.9 Å². The number of benzene rings is 1. The molecular weight excluding hydrogens is 378 g/mol. The Morgan fingerprint density at radius 3 is 2.61 bits per heavy atom. The molecule has 7 nitrogen and oxygen atoms in total. The van der Waals surface area contributed by atoms with E-state index in [4.69, 9.17) is 0 Å². The Kier molecular flexibility index (Phi) is 6.70. The van der Waals surface area contributed by atoms with Gasteiger partial charge in [0.15, 0.2) is 5.69 Å². The van der Waals surface area contributed by atoms with Crippen molar-refractivity contribution in [2.24, 2.45) is 5.92 Å². The number of hydrogen-bond acceptors (Lipinski definition) is 4. The van der Waals surface area contributed by atoms with Crippen LogP contribution in [0.3, 0.4) is 0 Å². The number of halogens is 1. The normalized spacial score (nSPS) is 16.6. The topological polar surface area (TPSA) is 98.9 Å². The van der Waals surface area contributed by atoms with Crippen molar-refractivity contribution in [2.75, 3.05) is 17.2 Å². The molecule has 1 fully saturated rings. The first-order valence-corrected chi connectivity index (χ1v) is 9.70. The molecule has 28 heavy (non-hydrogen) atoms. The Bertz CT molecular complexity index is 845. The van der Waals surface area contributed by atoms with Crippen molar-refractivity contribution in [3.05, 3.63) is 41.2 Å². The molecule has 1 aromatic carbocycles. The number of aromatic amines is 1. The van der Waals surface area contributed by atoms with E-state index in [1.807, 2.05) is 18.2 Å². The van der Waals surface area contributed by atoms with E-state index in [0.29, 0.717) is 23.6 Å². The van der Waals surface area contributed by atoms with Crippen molar-refractivity contribution in [3.63, 3.8) is 0 Å². The molecule has 150 valence electrons. The molecule has 2 heterocycles. The second-order valence-electron chi connectivity index (χ2n) is 7.32. The fraction of sp³-hybridized carbons (Fsp3) is 0.450. The number of nitrogens with zero attached hydrogens (tertiary/aromatic N) is 1. The maximum atomic E-state index is 12.6. The number of fused-ring (bicyclic) bond motifs is 1. The van der Waals surface area contributed by atoms with Crippen LogP contribution in [0.15, 0.2) is 24.3 Å². The van der Waals surface area contributed by atoms with Crippen LogP contribution in [-0.4, -0.2) is 28.6 Å². The number of carbonyl (C=O) groups is 2. The molecule has 8 heteroatoms. The Morgan fingerprint density at radius 2 is 1.82 bits per heavy atom. The predicted octanol–water partition coefficient (Wildman–Crippen LogP) is 3.25. The summed E-state index contributed by atoms with van der Waals surface area (Å²) in [5.41, 5.74) is 3.72. The fourth-order valence-electron chi connectivity index (χ4n) is 3.89. The number of aromatic nitrogens is 2. The molecule has 2 aromatic rings. The summed E-state index contributed by atoms with van der Waals surface area (Å²) in [6.45, 7) is 1.53. The molecule has 1 aliphatic carbocycles. The number of nitrogens with one attached hydrogen (secondary N) is 4. The number of H-pyrrole nitrogens is 1. The Labute approximate surface area is 170 Å². The van der Waals surface area contributed by atoms with E-state index in [9.17, 15) is 9.59 Å². The quantitative estimate of drug-likeness (QED) is 0.629. The van der Waals surface area contributed by atoms with Gasteiger partial charge < -0.3 is 16.0 Å². The van der Waals surface area contributed by atoms with Crippen LogP contribution in [-0.2, 0) is 17.8 Å². The average Bonchev–Trinajstić information content (AvgIpc) is 3.13. The van der Waals surface area contributed by atoms with Crippen molar-refractivity contribution in [1.29, 1.82) is 0 Å². The molecule has 0 spiro atoms. The first kappa shape index (κ1) is 20.4. The monoisotopic (exact) mass is 403 g/mol. The highest BCUT2D eigenvalue weighted by Gasteiger charge is 2.23. The van der Waals surface area contributed by atoms with E-state index in [-0.39, 0.29) is 30.1 Å². The Morgan fingerprint density at radius 1 is 1.07 bits per heavy atom. The number of carbonyl (C=O) groups excluding carboxylic acids is 2. The minimum Gasteiger partial charge on any atom is -0.326 e. The van der Waals surface area contributed by atoms with Crippen LogP contribution in [0.4, 0.5) is 11.4 Å². The first-order valence-electron chi connectivity index (χ1n) is 9.70. The summed E-state index contributed by atoms with van der Waals surface area (Å²) in [5, 5.41) is 16.3. The summed E-state index contributed by atoms with van der Waals surface area (Å²) in [4.78, 5) is 25.0. The van der Waals surface area contributed by atoms with Gasteiger partial charge in [-0.3, -0.25) is 14.7 Å². The zero-order chi connectivity index (χ0) is 18.6. The molecule has 2 aliphatic rings. The highest BCUT2D eigenvalue weighted by molar-refractivity contribution is 6.04. The van der Waals surface area contributed by atoms with Gasteiger partial charge in [0.1, 0.15) is 0 Å². The van der Waals surface area contributed by atoms with Gasteiger partial charge >= 0.3 is 0 Å². The van der Waals surface area contributed by atoms with Crippen molar-refractivity contribution >= 4 is 35.6 Å². The van der Waals surface area contributed by atoms with Crippen LogP contribution in [0.5, 0.6) is 0 Å². The molecule has 0 saturated heterocycles. The smallest absolute Gasteiger partial charge is 0.276 e. The summed E-state index contributed by atoms with van der Waals surface area (Å²) < 4.78 is 0. The molecule has 1 aliphatic heterocycles. The van der Waals surface area contributed by atoms with Crippen LogP contribution >= 0.6 is 12.4 Å². The van der Waals surface area contributed by atoms with E-state index in [2.05, 4.69) is 26.1 Å². The average molecular weight is 404 g/mol. The third-order valence-corrected chi connectivity index (χ3v) is 5.39. The summed E-state index contributed by atoms with van der Waals surface area (Å²) in [7, 11) is 0. The molecule has 1 saturated carbocycles. The van der Waals surface area contributed by atoms with E-state index >= 15 is 0 Å². The summed E-state index contributed by atoms with van der Waals surface area (Å²) in [6, 6.07) is 7.27. The number of anilines is 2. The molecule has 1 aromatic heterocycles. The lowest BCUT2D eigenvalue weighted by molar-refractivity contribution is -0.120. The highest BCUT2D eigenvalue weighted by atomic mass is 35.5. The zero-order valence-corrected chi connectivity index (χ0v) is 16.5. The largest absolute Gasteiger partial charge is 0.326 e. The molecule has 0 bridgehead atoms. The van der Waals surface area contributed by atoms with Crippen LogP contribution in [0.1, 0.15) is 53.8 Å². The number of amides is 2. The second-order valence-corrected chi connectivity index (χ2v) is 7.32. The van der Waals surface area contributed by atoms with E-state index < -0.39 is 0 Å². The molecule has 0 atom stereocenters. The number of rotatable bonds is 4. The summed E-state index contributed by atoms with van der Waals surface area (Å²) in [6.07, 6.45) is 6.23. The van der Waals surface area contributed by atoms with Crippen LogP contribution < -0.4 is 16.0 Å². The molecule has 0 unspecified atom stereocenters. The standard InChI is InChI=1S/C20H25N5O2.ClH/c26-19(13-5-2-1-3-6-13)22-14-7-4-8-15(11-14)23-20(27)18-16-12-21-10-9-17(16)24-25-18;/h4,7-8,11,13,21H,1-3,5-6,9-10,12H2,(H,22,26)(H,23,27)(H,24,25);1H. The lowest BCUT2D eigenvalue weighted by Gasteiger charge is -2.20.